The highest BCUT2D eigenvalue weighted by molar-refractivity contribution is 7.08. The lowest BCUT2D eigenvalue weighted by atomic mass is 10.3. The molecular formula is C14H8N3O2S+. The minimum absolute atomic E-state index is 0.292. The first-order valence-corrected chi connectivity index (χ1v) is 6.92. The highest BCUT2D eigenvalue weighted by atomic mass is 32.1. The van der Waals surface area contributed by atoms with Crippen molar-refractivity contribution in [3.8, 4) is 0 Å². The van der Waals surface area contributed by atoms with Gasteiger partial charge < -0.3 is 0 Å². The molecule has 0 aliphatic carbocycles. The highest BCUT2D eigenvalue weighted by Crippen LogP contribution is 2.24. The van der Waals surface area contributed by atoms with Crippen LogP contribution >= 0.6 is 11.3 Å². The Bertz CT molecular complexity index is 858. The molecule has 0 radical (unpaired) electrons. The molecule has 1 aromatic carbocycles. The molecule has 0 N–H and O–H groups in total. The summed E-state index contributed by atoms with van der Waals surface area (Å²) in [6.45, 7) is 0. The fourth-order valence-electron chi connectivity index (χ4n) is 2.35. The van der Waals surface area contributed by atoms with Gasteiger partial charge in [0.25, 0.3) is 0 Å². The molecule has 1 aliphatic rings. The normalized spacial score (nSPS) is 14.1. The molecule has 0 saturated carbocycles. The molecule has 2 amide bonds. The summed E-state index contributed by atoms with van der Waals surface area (Å²) in [7, 11) is 0. The Labute approximate surface area is 117 Å². The number of rotatable bonds is 1. The molecule has 5 nitrogen and oxygen atoms in total. The van der Waals surface area contributed by atoms with E-state index in [1.54, 1.807) is 17.5 Å². The lowest BCUT2D eigenvalue weighted by Crippen LogP contribution is -2.46. The molecule has 96 valence electrons. The van der Waals surface area contributed by atoms with Gasteiger partial charge in [-0.25, -0.2) is 9.78 Å². The molecule has 0 unspecified atom stereocenters. The van der Waals surface area contributed by atoms with Gasteiger partial charge in [0.05, 0.1) is 6.20 Å². The van der Waals surface area contributed by atoms with Crippen molar-refractivity contribution in [1.29, 1.82) is 0 Å². The quantitative estimate of drug-likeness (QED) is 0.643. The van der Waals surface area contributed by atoms with Crippen LogP contribution in [0.15, 0.2) is 47.3 Å². The number of nitrogens with zero attached hydrogens (tertiary/aromatic N) is 3. The molecule has 6 heteroatoms. The number of benzene rings is 1. The average molecular weight is 282 g/mol. The summed E-state index contributed by atoms with van der Waals surface area (Å²) in [5.74, 6) is -0.341. The second kappa shape index (κ2) is 3.94. The van der Waals surface area contributed by atoms with Gasteiger partial charge in [-0.1, -0.05) is 12.1 Å². The minimum Gasteiger partial charge on any atom is -0.248 e. The summed E-state index contributed by atoms with van der Waals surface area (Å²) in [5, 5.41) is 3.61. The van der Waals surface area contributed by atoms with Gasteiger partial charge in [0.1, 0.15) is 5.52 Å². The van der Waals surface area contributed by atoms with E-state index in [0.29, 0.717) is 22.4 Å². The third-order valence-corrected chi connectivity index (χ3v) is 3.93. The van der Waals surface area contributed by atoms with Crippen molar-refractivity contribution in [3.63, 3.8) is 0 Å². The van der Waals surface area contributed by atoms with Crippen molar-refractivity contribution < 1.29 is 14.2 Å². The first-order chi connectivity index (χ1) is 9.77. The molecule has 0 atom stereocenters. The Hall–Kier alpha value is -2.60. The van der Waals surface area contributed by atoms with E-state index >= 15 is 0 Å². The van der Waals surface area contributed by atoms with Crippen molar-refractivity contribution in [2.75, 3.05) is 4.90 Å². The number of thiophene rings is 1. The average Bonchev–Trinajstić information content (AvgIpc) is 3.07. The number of anilines is 1. The third-order valence-electron chi connectivity index (χ3n) is 3.26. The first-order valence-electron chi connectivity index (χ1n) is 5.98. The van der Waals surface area contributed by atoms with E-state index in [-0.39, 0.29) is 11.9 Å². The third kappa shape index (κ3) is 1.36. The zero-order valence-electron chi connectivity index (χ0n) is 10.2. The number of hydrogen-bond donors (Lipinski definition) is 0. The summed E-state index contributed by atoms with van der Waals surface area (Å²) in [6, 6.07) is 8.66. The van der Waals surface area contributed by atoms with E-state index in [0.717, 1.165) is 0 Å². The summed E-state index contributed by atoms with van der Waals surface area (Å²) < 4.78 is 1.42. The van der Waals surface area contributed by atoms with Crippen LogP contribution in [0.1, 0.15) is 10.5 Å². The van der Waals surface area contributed by atoms with Crippen molar-refractivity contribution >= 4 is 40.0 Å². The van der Waals surface area contributed by atoms with Gasteiger partial charge in [0.15, 0.2) is 11.2 Å². The van der Waals surface area contributed by atoms with Crippen LogP contribution in [0.5, 0.6) is 0 Å². The smallest absolute Gasteiger partial charge is 0.248 e. The summed E-state index contributed by atoms with van der Waals surface area (Å²) in [4.78, 5) is 30.4. The van der Waals surface area contributed by atoms with Crippen LogP contribution in [0, 0.1) is 0 Å². The second-order valence-electron chi connectivity index (χ2n) is 4.37. The van der Waals surface area contributed by atoms with E-state index in [1.165, 1.54) is 27.0 Å². The Kier molecular flexibility index (Phi) is 2.22. The van der Waals surface area contributed by atoms with E-state index < -0.39 is 0 Å². The molecule has 0 fully saturated rings. The number of imide groups is 1. The van der Waals surface area contributed by atoms with Crippen molar-refractivity contribution in [2.45, 2.75) is 0 Å². The standard InChI is InChI=1S/C14H8N3O2S/c18-13-12-7-15-10-3-1-2-4-11(10)17(12)14(19)16(13)9-5-6-20-8-9/h1-8H/q+1. The lowest BCUT2D eigenvalue weighted by molar-refractivity contribution is -0.537. The van der Waals surface area contributed by atoms with Crippen LogP contribution in [0.2, 0.25) is 0 Å². The molecule has 0 bridgehead atoms. The van der Waals surface area contributed by atoms with Gasteiger partial charge in [0, 0.05) is 5.38 Å². The lowest BCUT2D eigenvalue weighted by Gasteiger charge is -2.00. The fraction of sp³-hybridized carbons (Fsp3) is 0. The molecule has 2 aromatic heterocycles. The summed E-state index contributed by atoms with van der Waals surface area (Å²) >= 11 is 1.44. The van der Waals surface area contributed by atoms with Crippen LogP contribution in [-0.4, -0.2) is 16.9 Å². The van der Waals surface area contributed by atoms with Crippen LogP contribution in [0.25, 0.3) is 11.0 Å². The summed E-state index contributed by atoms with van der Waals surface area (Å²) in [6.07, 6.45) is 1.45. The molecular weight excluding hydrogens is 274 g/mol. The van der Waals surface area contributed by atoms with Gasteiger partial charge in [-0.2, -0.15) is 4.79 Å². The van der Waals surface area contributed by atoms with Crippen LogP contribution in [0.3, 0.4) is 0 Å². The van der Waals surface area contributed by atoms with E-state index in [1.807, 2.05) is 23.6 Å². The first kappa shape index (κ1) is 11.2. The van der Waals surface area contributed by atoms with Gasteiger partial charge >= 0.3 is 11.9 Å². The molecule has 0 spiro atoms. The predicted molar refractivity (Wildman–Crippen MR) is 73.9 cm³/mol. The molecule has 3 aromatic rings. The minimum atomic E-state index is -0.359. The molecule has 0 saturated heterocycles. The Balaban J connectivity index is 2.00. The number of carbonyl (C=O) groups is 2. The molecule has 4 rings (SSSR count). The Morgan fingerprint density at radius 3 is 2.80 bits per heavy atom. The topological polar surface area (TPSA) is 54.2 Å². The molecule has 20 heavy (non-hydrogen) atoms. The SMILES string of the molecule is O=C1c2cnc3ccccc3[n+]2C(=O)N1c1ccsc1. The van der Waals surface area contributed by atoms with Crippen LogP contribution in [-0.2, 0) is 0 Å². The monoisotopic (exact) mass is 282 g/mol. The van der Waals surface area contributed by atoms with Gasteiger partial charge in [-0.15, -0.1) is 20.8 Å². The van der Waals surface area contributed by atoms with E-state index in [4.69, 9.17) is 0 Å². The van der Waals surface area contributed by atoms with E-state index in [9.17, 15) is 9.59 Å². The zero-order valence-corrected chi connectivity index (χ0v) is 11.0. The van der Waals surface area contributed by atoms with Crippen molar-refractivity contribution in [1.82, 2.24) is 4.98 Å². The van der Waals surface area contributed by atoms with Gasteiger partial charge in [-0.3, -0.25) is 0 Å². The number of hydrogen-bond acceptors (Lipinski definition) is 4. The maximum absolute atomic E-state index is 12.6. The Morgan fingerprint density at radius 2 is 2.00 bits per heavy atom. The van der Waals surface area contributed by atoms with Crippen LogP contribution in [0.4, 0.5) is 10.5 Å². The number of amides is 2. The largest absolute Gasteiger partial charge is 0.512 e. The second-order valence-corrected chi connectivity index (χ2v) is 5.15. The number of fused-ring (bicyclic) bond motifs is 3. The Morgan fingerprint density at radius 1 is 1.15 bits per heavy atom. The highest BCUT2D eigenvalue weighted by Gasteiger charge is 2.48. The van der Waals surface area contributed by atoms with Gasteiger partial charge in [-0.05, 0) is 23.6 Å². The molecule has 1 aliphatic heterocycles. The molecule has 3 heterocycles. The fourth-order valence-corrected chi connectivity index (χ4v) is 2.97. The van der Waals surface area contributed by atoms with Crippen molar-refractivity contribution in [3.05, 3.63) is 53.0 Å². The number of para-hydroxylation sites is 2. The number of carbonyl (C=O) groups excluding carboxylic acids is 2. The van der Waals surface area contributed by atoms with E-state index in [2.05, 4.69) is 4.98 Å². The van der Waals surface area contributed by atoms with Crippen molar-refractivity contribution in [2.24, 2.45) is 0 Å². The van der Waals surface area contributed by atoms with Gasteiger partial charge in [0.2, 0.25) is 5.69 Å². The maximum Gasteiger partial charge on any atom is 0.512 e. The zero-order chi connectivity index (χ0) is 13.7. The maximum atomic E-state index is 12.6. The predicted octanol–water partition coefficient (Wildman–Crippen LogP) is 2.21. The number of aromatic nitrogens is 2. The van der Waals surface area contributed by atoms with Crippen LogP contribution < -0.4 is 9.47 Å². The summed E-state index contributed by atoms with van der Waals surface area (Å²) in [5.41, 5.74) is 2.21.